The molecule has 6 aromatic rings. The van der Waals surface area contributed by atoms with Crippen molar-refractivity contribution >= 4 is 21.9 Å². The molecule has 0 fully saturated rings. The van der Waals surface area contributed by atoms with E-state index < -0.39 is 0 Å². The van der Waals surface area contributed by atoms with Gasteiger partial charge in [0, 0.05) is 22.9 Å². The number of aryl methyl sites for hydroxylation is 4. The van der Waals surface area contributed by atoms with Crippen molar-refractivity contribution in [2.45, 2.75) is 20.8 Å². The van der Waals surface area contributed by atoms with Gasteiger partial charge in [0.2, 0.25) is 5.69 Å². The number of hydrogen-bond acceptors (Lipinski definition) is 1. The molecule has 2 heterocycles. The summed E-state index contributed by atoms with van der Waals surface area (Å²) in [6.07, 6.45) is 2.03. The van der Waals surface area contributed by atoms with Crippen molar-refractivity contribution in [2.24, 2.45) is 7.05 Å². The standard InChI is InChI=1S/C33H27FNO/c1-20-9-5-6-10-24(20)25-15-13-23(19-22(25)3)31-28(34)17-16-27-26-14-12-21(2)30(32(26)36-33(27)31)29-11-7-8-18-35(29)4/h5-19H,1-4H3/q+1. The topological polar surface area (TPSA) is 17.0 Å². The average Bonchev–Trinajstić information content (AvgIpc) is 3.23. The minimum atomic E-state index is -0.284. The zero-order chi connectivity index (χ0) is 25.0. The number of benzene rings is 4. The molecule has 0 radical (unpaired) electrons. The molecule has 0 unspecified atom stereocenters. The largest absolute Gasteiger partial charge is 0.454 e. The second-order valence-corrected chi connectivity index (χ2v) is 9.58. The first-order valence-electron chi connectivity index (χ1n) is 12.2. The third-order valence-electron chi connectivity index (χ3n) is 7.23. The van der Waals surface area contributed by atoms with Crippen LogP contribution in [0.25, 0.3) is 55.4 Å². The predicted molar refractivity (Wildman–Crippen MR) is 145 cm³/mol. The van der Waals surface area contributed by atoms with Gasteiger partial charge in [-0.05, 0) is 72.4 Å². The van der Waals surface area contributed by atoms with Gasteiger partial charge in [0.25, 0.3) is 0 Å². The third kappa shape index (κ3) is 3.43. The Labute approximate surface area is 210 Å². The van der Waals surface area contributed by atoms with Crippen molar-refractivity contribution in [3.63, 3.8) is 0 Å². The molecule has 36 heavy (non-hydrogen) atoms. The van der Waals surface area contributed by atoms with Crippen LogP contribution in [0.4, 0.5) is 4.39 Å². The van der Waals surface area contributed by atoms with Crippen molar-refractivity contribution in [3.05, 3.63) is 114 Å². The average molecular weight is 473 g/mol. The molecular formula is C33H27FNO+. The van der Waals surface area contributed by atoms with E-state index in [4.69, 9.17) is 4.42 Å². The van der Waals surface area contributed by atoms with E-state index in [2.05, 4.69) is 73.9 Å². The van der Waals surface area contributed by atoms with Crippen molar-refractivity contribution in [2.75, 3.05) is 0 Å². The molecule has 0 saturated heterocycles. The van der Waals surface area contributed by atoms with Crippen LogP contribution in [0.2, 0.25) is 0 Å². The summed E-state index contributed by atoms with van der Waals surface area (Å²) in [7, 11) is 2.03. The maximum atomic E-state index is 15.5. The summed E-state index contributed by atoms with van der Waals surface area (Å²) in [6.45, 7) is 6.28. The van der Waals surface area contributed by atoms with Crippen LogP contribution < -0.4 is 4.57 Å². The molecule has 0 saturated carbocycles. The fourth-order valence-corrected chi connectivity index (χ4v) is 5.34. The second kappa shape index (κ2) is 8.46. The van der Waals surface area contributed by atoms with Crippen LogP contribution in [-0.2, 0) is 7.05 Å². The SMILES string of the molecule is Cc1ccccc1-c1ccc(-c2c(F)ccc3c2oc2c(-c4cccc[n+]4C)c(C)ccc23)cc1C. The van der Waals surface area contributed by atoms with E-state index in [1.807, 2.05) is 43.6 Å². The molecule has 0 amide bonds. The maximum absolute atomic E-state index is 15.5. The number of fused-ring (bicyclic) bond motifs is 3. The lowest BCUT2D eigenvalue weighted by molar-refractivity contribution is -0.660. The summed E-state index contributed by atoms with van der Waals surface area (Å²) in [4.78, 5) is 0. The molecule has 0 aliphatic rings. The number of nitrogens with zero attached hydrogens (tertiary/aromatic N) is 1. The molecule has 0 bridgehead atoms. The number of rotatable bonds is 3. The Morgan fingerprint density at radius 1 is 0.639 bits per heavy atom. The summed E-state index contributed by atoms with van der Waals surface area (Å²) >= 11 is 0. The van der Waals surface area contributed by atoms with Gasteiger partial charge in [-0.1, -0.05) is 54.6 Å². The summed E-state index contributed by atoms with van der Waals surface area (Å²) in [6, 6.07) is 28.2. The minimum absolute atomic E-state index is 0.284. The molecular weight excluding hydrogens is 445 g/mol. The van der Waals surface area contributed by atoms with Crippen molar-refractivity contribution in [1.82, 2.24) is 0 Å². The van der Waals surface area contributed by atoms with E-state index in [0.29, 0.717) is 11.1 Å². The summed E-state index contributed by atoms with van der Waals surface area (Å²) in [5, 5.41) is 1.91. The van der Waals surface area contributed by atoms with E-state index in [-0.39, 0.29) is 5.82 Å². The highest BCUT2D eigenvalue weighted by atomic mass is 19.1. The zero-order valence-electron chi connectivity index (χ0n) is 20.9. The normalized spacial score (nSPS) is 11.5. The molecule has 0 N–H and O–H groups in total. The van der Waals surface area contributed by atoms with E-state index in [0.717, 1.165) is 49.9 Å². The Morgan fingerprint density at radius 3 is 2.08 bits per heavy atom. The first-order chi connectivity index (χ1) is 17.4. The van der Waals surface area contributed by atoms with Gasteiger partial charge >= 0.3 is 0 Å². The molecule has 2 nitrogen and oxygen atoms in total. The van der Waals surface area contributed by atoms with Gasteiger partial charge in [-0.3, -0.25) is 0 Å². The molecule has 0 aliphatic carbocycles. The molecule has 176 valence electrons. The number of pyridine rings is 1. The lowest BCUT2D eigenvalue weighted by Gasteiger charge is -2.12. The number of hydrogen-bond donors (Lipinski definition) is 0. The highest BCUT2D eigenvalue weighted by Gasteiger charge is 2.23. The zero-order valence-corrected chi connectivity index (χ0v) is 20.9. The van der Waals surface area contributed by atoms with E-state index in [1.54, 1.807) is 6.07 Å². The molecule has 2 aromatic heterocycles. The van der Waals surface area contributed by atoms with Crippen LogP contribution in [0.5, 0.6) is 0 Å². The third-order valence-corrected chi connectivity index (χ3v) is 7.23. The molecule has 0 aliphatic heterocycles. The number of aromatic nitrogens is 1. The van der Waals surface area contributed by atoms with Crippen LogP contribution >= 0.6 is 0 Å². The number of halogens is 1. The second-order valence-electron chi connectivity index (χ2n) is 9.58. The summed E-state index contributed by atoms with van der Waals surface area (Å²) in [5.74, 6) is -0.284. The van der Waals surface area contributed by atoms with E-state index in [9.17, 15) is 0 Å². The van der Waals surface area contributed by atoms with Gasteiger partial charge in [0.15, 0.2) is 6.20 Å². The smallest absolute Gasteiger partial charge is 0.216 e. The van der Waals surface area contributed by atoms with Gasteiger partial charge in [-0.15, -0.1) is 0 Å². The van der Waals surface area contributed by atoms with Crippen molar-refractivity contribution in [1.29, 1.82) is 0 Å². The Bertz CT molecular complexity index is 1790. The Balaban J connectivity index is 1.60. The van der Waals surface area contributed by atoms with Crippen molar-refractivity contribution in [3.8, 4) is 33.5 Å². The Kier molecular flexibility index (Phi) is 5.22. The first kappa shape index (κ1) is 22.2. The van der Waals surface area contributed by atoms with Crippen LogP contribution in [0.1, 0.15) is 16.7 Å². The minimum Gasteiger partial charge on any atom is -0.454 e. The van der Waals surface area contributed by atoms with E-state index in [1.165, 1.54) is 11.1 Å². The molecule has 6 rings (SSSR count). The fraction of sp³-hybridized carbons (Fsp3) is 0.121. The van der Waals surface area contributed by atoms with Gasteiger partial charge < -0.3 is 4.42 Å². The fourth-order valence-electron chi connectivity index (χ4n) is 5.34. The quantitative estimate of drug-likeness (QED) is 0.236. The van der Waals surface area contributed by atoms with Gasteiger partial charge in [0.05, 0.1) is 11.1 Å². The van der Waals surface area contributed by atoms with Gasteiger partial charge in [-0.2, -0.15) is 0 Å². The van der Waals surface area contributed by atoms with Gasteiger partial charge in [-0.25, -0.2) is 8.96 Å². The Hall–Kier alpha value is -4.24. The first-order valence-corrected chi connectivity index (χ1v) is 12.2. The van der Waals surface area contributed by atoms with E-state index >= 15 is 4.39 Å². The van der Waals surface area contributed by atoms with Crippen LogP contribution in [-0.4, -0.2) is 0 Å². The predicted octanol–water partition coefficient (Wildman–Crippen LogP) is 8.48. The van der Waals surface area contributed by atoms with Crippen LogP contribution in [0.3, 0.4) is 0 Å². The maximum Gasteiger partial charge on any atom is 0.216 e. The molecule has 0 atom stereocenters. The highest BCUT2D eigenvalue weighted by Crippen LogP contribution is 2.42. The van der Waals surface area contributed by atoms with Gasteiger partial charge in [0.1, 0.15) is 24.0 Å². The Morgan fingerprint density at radius 2 is 1.33 bits per heavy atom. The lowest BCUT2D eigenvalue weighted by atomic mass is 9.92. The van der Waals surface area contributed by atoms with Crippen LogP contribution in [0, 0.1) is 26.6 Å². The number of furan rings is 1. The molecule has 4 aromatic carbocycles. The molecule has 3 heteroatoms. The summed E-state index contributed by atoms with van der Waals surface area (Å²) in [5.41, 5.74) is 10.6. The van der Waals surface area contributed by atoms with Crippen molar-refractivity contribution < 1.29 is 13.4 Å². The summed E-state index contributed by atoms with van der Waals surface area (Å²) < 4.78 is 24.1. The lowest BCUT2D eigenvalue weighted by Crippen LogP contribution is -2.30. The monoisotopic (exact) mass is 472 g/mol. The molecule has 0 spiro atoms. The highest BCUT2D eigenvalue weighted by molar-refractivity contribution is 6.13. The van der Waals surface area contributed by atoms with Crippen LogP contribution in [0.15, 0.2) is 95.5 Å².